The molecule has 3 rings (SSSR count). The number of ether oxygens (including phenoxy) is 3. The highest BCUT2D eigenvalue weighted by atomic mass is 35.5. The fourth-order valence-electron chi connectivity index (χ4n) is 3.16. The maximum atomic E-state index is 12.3. The lowest BCUT2D eigenvalue weighted by atomic mass is 10.1. The van der Waals surface area contributed by atoms with E-state index in [1.54, 1.807) is 18.2 Å². The molecular formula is C18H25ClN2O6S. The normalized spacial score (nSPS) is 22.0. The Balaban J connectivity index is 1.51. The van der Waals surface area contributed by atoms with Crippen LogP contribution in [0.15, 0.2) is 18.2 Å². The van der Waals surface area contributed by atoms with Crippen molar-refractivity contribution in [2.75, 3.05) is 45.7 Å². The second-order valence-electron chi connectivity index (χ2n) is 6.90. The summed E-state index contributed by atoms with van der Waals surface area (Å²) < 4.78 is 41.3. The molecule has 1 aromatic carbocycles. The molecule has 0 unspecified atom stereocenters. The SMILES string of the molecule is CS(=O)(=O)N1CCC(Oc2ccc(C(=O)NC[C@@H]3COCCO3)cc2Cl)CC1. The quantitative estimate of drug-likeness (QED) is 0.727. The van der Waals surface area contributed by atoms with E-state index in [4.69, 9.17) is 25.8 Å². The molecule has 1 N–H and O–H groups in total. The Morgan fingerprint density at radius 1 is 1.32 bits per heavy atom. The molecule has 1 amide bonds. The fraction of sp³-hybridized carbons (Fsp3) is 0.611. The molecular weight excluding hydrogens is 408 g/mol. The first kappa shape index (κ1) is 21.3. The van der Waals surface area contributed by atoms with Gasteiger partial charge in [0.15, 0.2) is 0 Å². The summed E-state index contributed by atoms with van der Waals surface area (Å²) in [5.74, 6) is 0.240. The molecule has 2 saturated heterocycles. The molecule has 2 aliphatic rings. The van der Waals surface area contributed by atoms with Crippen LogP contribution in [0.1, 0.15) is 23.2 Å². The molecule has 0 aromatic heterocycles. The third kappa shape index (κ3) is 5.81. The Labute approximate surface area is 170 Å². The van der Waals surface area contributed by atoms with E-state index in [9.17, 15) is 13.2 Å². The van der Waals surface area contributed by atoms with E-state index in [-0.39, 0.29) is 18.1 Å². The van der Waals surface area contributed by atoms with Crippen LogP contribution in [-0.4, -0.2) is 76.5 Å². The Kier molecular flexibility index (Phi) is 7.16. The average molecular weight is 433 g/mol. The molecule has 1 atom stereocenters. The molecule has 0 aliphatic carbocycles. The number of sulfonamides is 1. The molecule has 0 bridgehead atoms. The van der Waals surface area contributed by atoms with Crippen molar-refractivity contribution < 1.29 is 27.4 Å². The van der Waals surface area contributed by atoms with E-state index >= 15 is 0 Å². The first-order chi connectivity index (χ1) is 13.3. The summed E-state index contributed by atoms with van der Waals surface area (Å²) in [5.41, 5.74) is 0.431. The van der Waals surface area contributed by atoms with E-state index in [0.29, 0.717) is 68.6 Å². The molecule has 0 saturated carbocycles. The molecule has 1 aromatic rings. The topological polar surface area (TPSA) is 94.2 Å². The van der Waals surface area contributed by atoms with Crippen molar-refractivity contribution in [1.82, 2.24) is 9.62 Å². The molecule has 8 nitrogen and oxygen atoms in total. The summed E-state index contributed by atoms with van der Waals surface area (Å²) in [5, 5.41) is 3.15. The van der Waals surface area contributed by atoms with Gasteiger partial charge in [0.1, 0.15) is 11.9 Å². The van der Waals surface area contributed by atoms with Crippen LogP contribution in [-0.2, 0) is 19.5 Å². The standard InChI is InChI=1S/C18H25ClN2O6S/c1-28(23,24)21-6-4-14(5-7-21)27-17-3-2-13(10-16(17)19)18(22)20-11-15-12-25-8-9-26-15/h2-3,10,14-15H,4-9,11-12H2,1H3,(H,20,22)/t15-/m1/s1. The van der Waals surface area contributed by atoms with Crippen molar-refractivity contribution in [2.24, 2.45) is 0 Å². The number of nitrogens with one attached hydrogen (secondary N) is 1. The summed E-state index contributed by atoms with van der Waals surface area (Å²) in [4.78, 5) is 12.3. The second-order valence-corrected chi connectivity index (χ2v) is 9.29. The minimum atomic E-state index is -3.17. The number of carbonyl (C=O) groups excluding carboxylic acids is 1. The van der Waals surface area contributed by atoms with Gasteiger partial charge in [0.2, 0.25) is 10.0 Å². The van der Waals surface area contributed by atoms with Gasteiger partial charge in [-0.3, -0.25) is 4.79 Å². The van der Waals surface area contributed by atoms with Crippen LogP contribution >= 0.6 is 11.6 Å². The number of halogens is 1. The Hall–Kier alpha value is -1.39. The summed E-state index contributed by atoms with van der Waals surface area (Å²) >= 11 is 6.29. The highest BCUT2D eigenvalue weighted by Crippen LogP contribution is 2.28. The third-order valence-corrected chi connectivity index (χ3v) is 6.33. The highest BCUT2D eigenvalue weighted by molar-refractivity contribution is 7.88. The van der Waals surface area contributed by atoms with E-state index in [2.05, 4.69) is 5.32 Å². The van der Waals surface area contributed by atoms with E-state index in [1.165, 1.54) is 10.6 Å². The van der Waals surface area contributed by atoms with Crippen molar-refractivity contribution in [3.8, 4) is 5.75 Å². The summed E-state index contributed by atoms with van der Waals surface area (Å²) in [7, 11) is -3.17. The number of amides is 1. The number of rotatable bonds is 6. The first-order valence-corrected chi connectivity index (χ1v) is 11.4. The molecule has 28 heavy (non-hydrogen) atoms. The molecule has 2 aliphatic heterocycles. The molecule has 10 heteroatoms. The Morgan fingerprint density at radius 3 is 2.68 bits per heavy atom. The predicted octanol–water partition coefficient (Wildman–Crippen LogP) is 1.29. The fourth-order valence-corrected chi connectivity index (χ4v) is 4.26. The number of piperidine rings is 1. The Morgan fingerprint density at radius 2 is 2.07 bits per heavy atom. The lowest BCUT2D eigenvalue weighted by Gasteiger charge is -2.30. The van der Waals surface area contributed by atoms with Crippen molar-refractivity contribution in [3.05, 3.63) is 28.8 Å². The minimum absolute atomic E-state index is 0.112. The van der Waals surface area contributed by atoms with Crippen molar-refractivity contribution in [2.45, 2.75) is 25.0 Å². The van der Waals surface area contributed by atoms with Gasteiger partial charge in [-0.1, -0.05) is 11.6 Å². The molecule has 0 radical (unpaired) electrons. The minimum Gasteiger partial charge on any atom is -0.489 e. The summed E-state index contributed by atoms with van der Waals surface area (Å²) in [6.45, 7) is 2.79. The van der Waals surface area contributed by atoms with Crippen molar-refractivity contribution in [3.63, 3.8) is 0 Å². The smallest absolute Gasteiger partial charge is 0.251 e. The van der Waals surface area contributed by atoms with Gasteiger partial charge in [-0.15, -0.1) is 0 Å². The first-order valence-electron chi connectivity index (χ1n) is 9.22. The van der Waals surface area contributed by atoms with Crippen LogP contribution in [0.3, 0.4) is 0 Å². The van der Waals surface area contributed by atoms with Crippen LogP contribution in [0.25, 0.3) is 0 Å². The molecule has 2 heterocycles. The zero-order chi connectivity index (χ0) is 20.1. The summed E-state index contributed by atoms with van der Waals surface area (Å²) in [6.07, 6.45) is 2.14. The number of nitrogens with zero attached hydrogens (tertiary/aromatic N) is 1. The number of carbonyl (C=O) groups is 1. The number of benzene rings is 1. The molecule has 2 fully saturated rings. The summed E-state index contributed by atoms with van der Waals surface area (Å²) in [6, 6.07) is 4.89. The van der Waals surface area contributed by atoms with Crippen molar-refractivity contribution in [1.29, 1.82) is 0 Å². The zero-order valence-corrected chi connectivity index (χ0v) is 17.3. The maximum Gasteiger partial charge on any atom is 0.251 e. The number of hydrogen-bond acceptors (Lipinski definition) is 6. The van der Waals surface area contributed by atoms with E-state index < -0.39 is 10.0 Å². The van der Waals surface area contributed by atoms with E-state index in [1.807, 2.05) is 0 Å². The lowest BCUT2D eigenvalue weighted by molar-refractivity contribution is -0.0855. The molecule has 156 valence electrons. The van der Waals surface area contributed by atoms with Gasteiger partial charge in [-0.25, -0.2) is 12.7 Å². The van der Waals surface area contributed by atoms with Crippen LogP contribution < -0.4 is 10.1 Å². The average Bonchev–Trinajstić information content (AvgIpc) is 2.68. The Bertz CT molecular complexity index is 789. The van der Waals surface area contributed by atoms with Gasteiger partial charge in [-0.2, -0.15) is 0 Å². The lowest BCUT2D eigenvalue weighted by Crippen LogP contribution is -2.41. The van der Waals surface area contributed by atoms with Crippen molar-refractivity contribution >= 4 is 27.5 Å². The van der Waals surface area contributed by atoms with Gasteiger partial charge < -0.3 is 19.5 Å². The molecule has 0 spiro atoms. The van der Waals surface area contributed by atoms with Crippen LogP contribution in [0.5, 0.6) is 5.75 Å². The van der Waals surface area contributed by atoms with Gasteiger partial charge in [0, 0.05) is 25.2 Å². The van der Waals surface area contributed by atoms with Gasteiger partial charge >= 0.3 is 0 Å². The third-order valence-electron chi connectivity index (χ3n) is 4.73. The van der Waals surface area contributed by atoms with Gasteiger partial charge in [0.05, 0.1) is 37.2 Å². The highest BCUT2D eigenvalue weighted by Gasteiger charge is 2.26. The zero-order valence-electron chi connectivity index (χ0n) is 15.7. The monoisotopic (exact) mass is 432 g/mol. The predicted molar refractivity (Wildman–Crippen MR) is 104 cm³/mol. The van der Waals surface area contributed by atoms with Crippen LogP contribution in [0, 0.1) is 0 Å². The second kappa shape index (κ2) is 9.41. The largest absolute Gasteiger partial charge is 0.489 e. The van der Waals surface area contributed by atoms with Gasteiger partial charge in [-0.05, 0) is 31.0 Å². The van der Waals surface area contributed by atoms with Crippen LogP contribution in [0.4, 0.5) is 0 Å². The maximum absolute atomic E-state index is 12.3. The number of hydrogen-bond donors (Lipinski definition) is 1. The van der Waals surface area contributed by atoms with Gasteiger partial charge in [0.25, 0.3) is 5.91 Å². The van der Waals surface area contributed by atoms with E-state index in [0.717, 1.165) is 0 Å². The van der Waals surface area contributed by atoms with Crippen LogP contribution in [0.2, 0.25) is 5.02 Å².